The average Bonchev–Trinajstić information content (AvgIpc) is 3.13. The van der Waals surface area contributed by atoms with Crippen LogP contribution in [0, 0.1) is 5.82 Å². The molecular formula is C28H29FN4O4. The van der Waals surface area contributed by atoms with E-state index in [4.69, 9.17) is 9.47 Å². The molecule has 0 spiro atoms. The molecule has 1 aromatic carbocycles. The van der Waals surface area contributed by atoms with Gasteiger partial charge in [0.1, 0.15) is 23.8 Å². The normalized spacial score (nSPS) is 13.5. The Morgan fingerprint density at radius 2 is 1.95 bits per heavy atom. The van der Waals surface area contributed by atoms with E-state index in [-0.39, 0.29) is 18.3 Å². The monoisotopic (exact) mass is 504 g/mol. The van der Waals surface area contributed by atoms with E-state index < -0.39 is 11.4 Å². The van der Waals surface area contributed by atoms with Crippen LogP contribution < -0.4 is 10.3 Å². The first kappa shape index (κ1) is 24.5. The summed E-state index contributed by atoms with van der Waals surface area (Å²) >= 11 is 0. The quantitative estimate of drug-likeness (QED) is 0.401. The lowest BCUT2D eigenvalue weighted by Gasteiger charge is -2.30. The molecule has 3 aromatic heterocycles. The van der Waals surface area contributed by atoms with Crippen molar-refractivity contribution in [3.63, 3.8) is 0 Å². The number of carbonyl (C=O) groups is 1. The van der Waals surface area contributed by atoms with Gasteiger partial charge in [-0.1, -0.05) is 6.07 Å². The number of pyridine rings is 2. The Morgan fingerprint density at radius 3 is 2.65 bits per heavy atom. The maximum Gasteiger partial charge on any atom is 0.410 e. The van der Waals surface area contributed by atoms with E-state index in [1.54, 1.807) is 21.7 Å². The van der Waals surface area contributed by atoms with Gasteiger partial charge in [-0.2, -0.15) is 0 Å². The number of benzene rings is 1. The second kappa shape index (κ2) is 9.38. The highest BCUT2D eigenvalue weighted by Gasteiger charge is 2.29. The highest BCUT2D eigenvalue weighted by Crippen LogP contribution is 2.32. The molecule has 1 amide bonds. The number of fused-ring (bicyclic) bond motifs is 3. The fraction of sp³-hybridized carbons (Fsp3) is 0.321. The summed E-state index contributed by atoms with van der Waals surface area (Å²) in [6.07, 6.45) is 3.22. The maximum atomic E-state index is 13.0. The minimum absolute atomic E-state index is 0.130. The molecule has 1 aliphatic rings. The Morgan fingerprint density at radius 1 is 1.14 bits per heavy atom. The van der Waals surface area contributed by atoms with Gasteiger partial charge in [0.15, 0.2) is 0 Å². The Balaban J connectivity index is 1.38. The van der Waals surface area contributed by atoms with E-state index in [0.717, 1.165) is 34.9 Å². The van der Waals surface area contributed by atoms with Crippen LogP contribution in [-0.4, -0.2) is 37.3 Å². The minimum Gasteiger partial charge on any atom is -0.487 e. The number of aryl methyl sites for hydroxylation is 1. The van der Waals surface area contributed by atoms with Gasteiger partial charge < -0.3 is 18.9 Å². The summed E-state index contributed by atoms with van der Waals surface area (Å²) in [7, 11) is 1.98. The molecule has 1 aliphatic heterocycles. The fourth-order valence-electron chi connectivity index (χ4n) is 4.59. The van der Waals surface area contributed by atoms with Crippen LogP contribution in [0.15, 0.2) is 59.7 Å². The third kappa shape index (κ3) is 5.07. The van der Waals surface area contributed by atoms with Crippen LogP contribution in [0.2, 0.25) is 0 Å². The van der Waals surface area contributed by atoms with Crippen molar-refractivity contribution in [3.05, 3.63) is 88.0 Å². The van der Waals surface area contributed by atoms with Gasteiger partial charge in [-0.15, -0.1) is 0 Å². The van der Waals surface area contributed by atoms with Crippen LogP contribution in [0.1, 0.15) is 37.7 Å². The SMILES string of the molecule is Cn1c2c(c3ccc(-n4ccc(OCc5ccc(F)cn5)cc4=O)cc31)CCN(C(=O)OC(C)(C)C)C2. The van der Waals surface area contributed by atoms with Crippen LogP contribution in [0.25, 0.3) is 16.6 Å². The molecule has 0 atom stereocenters. The minimum atomic E-state index is -0.545. The number of aromatic nitrogens is 3. The number of carbonyl (C=O) groups excluding carboxylic acids is 1. The summed E-state index contributed by atoms with van der Waals surface area (Å²) in [4.78, 5) is 31.2. The maximum absolute atomic E-state index is 13.0. The summed E-state index contributed by atoms with van der Waals surface area (Å²) in [6, 6.07) is 11.9. The number of amides is 1. The standard InChI is InChI=1S/C28H29FN4O4/c1-28(2,3)37-27(35)32-11-10-23-22-8-7-20(13-24(22)31(4)25(23)16-32)33-12-9-21(14-26(33)34)36-17-19-6-5-18(29)15-30-19/h5-9,12-15H,10-11,16-17H2,1-4H3. The van der Waals surface area contributed by atoms with Crippen LogP contribution in [-0.2, 0) is 31.4 Å². The van der Waals surface area contributed by atoms with Gasteiger partial charge in [-0.3, -0.25) is 14.3 Å². The molecule has 192 valence electrons. The highest BCUT2D eigenvalue weighted by atomic mass is 19.1. The number of hydrogen-bond acceptors (Lipinski definition) is 5. The number of rotatable bonds is 4. The molecular weight excluding hydrogens is 475 g/mol. The molecule has 0 bridgehead atoms. The summed E-state index contributed by atoms with van der Waals surface area (Å²) in [5.74, 6) is -0.00669. The Bertz CT molecular complexity index is 1530. The van der Waals surface area contributed by atoms with Gasteiger partial charge in [0.2, 0.25) is 0 Å². The second-order valence-electron chi connectivity index (χ2n) is 10.2. The van der Waals surface area contributed by atoms with Crippen molar-refractivity contribution >= 4 is 17.0 Å². The third-order valence-corrected chi connectivity index (χ3v) is 6.39. The molecule has 9 heteroatoms. The van der Waals surface area contributed by atoms with Crippen molar-refractivity contribution < 1.29 is 18.7 Å². The molecule has 0 saturated carbocycles. The van der Waals surface area contributed by atoms with Gasteiger partial charge in [-0.25, -0.2) is 9.18 Å². The van der Waals surface area contributed by atoms with Gasteiger partial charge >= 0.3 is 6.09 Å². The lowest BCUT2D eigenvalue weighted by molar-refractivity contribution is 0.0220. The van der Waals surface area contributed by atoms with E-state index in [9.17, 15) is 14.0 Å². The van der Waals surface area contributed by atoms with Crippen molar-refractivity contribution in [2.45, 2.75) is 45.9 Å². The van der Waals surface area contributed by atoms with Gasteiger partial charge in [0.05, 0.1) is 29.6 Å². The highest BCUT2D eigenvalue weighted by molar-refractivity contribution is 5.88. The van der Waals surface area contributed by atoms with E-state index >= 15 is 0 Å². The molecule has 8 nitrogen and oxygen atoms in total. The van der Waals surface area contributed by atoms with Gasteiger partial charge in [-0.05, 0) is 63.1 Å². The molecule has 4 aromatic rings. The first-order chi connectivity index (χ1) is 17.6. The topological polar surface area (TPSA) is 78.6 Å². The lowest BCUT2D eigenvalue weighted by atomic mass is 10.0. The lowest BCUT2D eigenvalue weighted by Crippen LogP contribution is -2.40. The Labute approximate surface area is 213 Å². The zero-order valence-electron chi connectivity index (χ0n) is 21.3. The zero-order valence-corrected chi connectivity index (χ0v) is 21.3. The summed E-state index contributed by atoms with van der Waals surface area (Å²) in [5, 5.41) is 1.12. The largest absolute Gasteiger partial charge is 0.487 e. The predicted octanol–water partition coefficient (Wildman–Crippen LogP) is 4.74. The molecule has 0 N–H and O–H groups in total. The van der Waals surface area contributed by atoms with E-state index in [1.165, 1.54) is 23.8 Å². The molecule has 0 aliphatic carbocycles. The van der Waals surface area contributed by atoms with Gasteiger partial charge in [0.25, 0.3) is 5.56 Å². The summed E-state index contributed by atoms with van der Waals surface area (Å²) in [5.41, 5.74) is 3.78. The van der Waals surface area contributed by atoms with E-state index in [2.05, 4.69) is 9.55 Å². The molecule has 0 unspecified atom stereocenters. The van der Waals surface area contributed by atoms with Crippen molar-refractivity contribution in [2.75, 3.05) is 6.54 Å². The van der Waals surface area contributed by atoms with Crippen molar-refractivity contribution in [1.82, 2.24) is 19.0 Å². The molecule has 0 fully saturated rings. The van der Waals surface area contributed by atoms with Crippen LogP contribution in [0.4, 0.5) is 9.18 Å². The molecule has 5 rings (SSSR count). The number of halogens is 1. The molecule has 37 heavy (non-hydrogen) atoms. The first-order valence-corrected chi connectivity index (χ1v) is 12.1. The molecule has 0 saturated heterocycles. The van der Waals surface area contributed by atoms with Crippen molar-refractivity contribution in [2.24, 2.45) is 7.05 Å². The third-order valence-electron chi connectivity index (χ3n) is 6.39. The molecule has 0 radical (unpaired) electrons. The number of nitrogens with zero attached hydrogens (tertiary/aromatic N) is 4. The Hall–Kier alpha value is -4.14. The van der Waals surface area contributed by atoms with Crippen LogP contribution in [0.3, 0.4) is 0 Å². The van der Waals surface area contributed by atoms with E-state index in [1.807, 2.05) is 46.0 Å². The summed E-state index contributed by atoms with van der Waals surface area (Å²) in [6.45, 7) is 6.79. The predicted molar refractivity (Wildman–Crippen MR) is 137 cm³/mol. The van der Waals surface area contributed by atoms with Crippen molar-refractivity contribution in [3.8, 4) is 11.4 Å². The number of hydrogen-bond donors (Lipinski definition) is 0. The zero-order chi connectivity index (χ0) is 26.3. The molecule has 4 heterocycles. The fourth-order valence-corrected chi connectivity index (χ4v) is 4.59. The number of ether oxygens (including phenoxy) is 2. The average molecular weight is 505 g/mol. The summed E-state index contributed by atoms with van der Waals surface area (Å²) < 4.78 is 27.9. The van der Waals surface area contributed by atoms with E-state index in [0.29, 0.717) is 24.5 Å². The van der Waals surface area contributed by atoms with Crippen LogP contribution >= 0.6 is 0 Å². The van der Waals surface area contributed by atoms with Gasteiger partial charge in [0, 0.05) is 36.9 Å². The smallest absolute Gasteiger partial charge is 0.410 e. The van der Waals surface area contributed by atoms with Crippen LogP contribution in [0.5, 0.6) is 5.75 Å². The second-order valence-corrected chi connectivity index (χ2v) is 10.2. The first-order valence-electron chi connectivity index (χ1n) is 12.1. The Kier molecular flexibility index (Phi) is 6.23. The van der Waals surface area contributed by atoms with Crippen molar-refractivity contribution in [1.29, 1.82) is 0 Å².